The van der Waals surface area contributed by atoms with Gasteiger partial charge in [0.05, 0.1) is 0 Å². The van der Waals surface area contributed by atoms with Crippen LogP contribution in [0.1, 0.15) is 24.8 Å². The fourth-order valence-corrected chi connectivity index (χ4v) is 2.00. The van der Waals surface area contributed by atoms with Gasteiger partial charge in [0.1, 0.15) is 6.10 Å². The third kappa shape index (κ3) is 3.30. The molecule has 2 nitrogen and oxygen atoms in total. The molecule has 0 aliphatic heterocycles. The van der Waals surface area contributed by atoms with Crippen molar-refractivity contribution in [2.75, 3.05) is 6.54 Å². The van der Waals surface area contributed by atoms with Gasteiger partial charge in [-0.1, -0.05) is 12.1 Å². The van der Waals surface area contributed by atoms with E-state index in [-0.39, 0.29) is 11.9 Å². The molecule has 1 unspecified atom stereocenters. The molecule has 0 radical (unpaired) electrons. The van der Waals surface area contributed by atoms with Crippen molar-refractivity contribution in [3.63, 3.8) is 0 Å². The summed E-state index contributed by atoms with van der Waals surface area (Å²) in [6.45, 7) is 0.533. The first kappa shape index (κ1) is 12.1. The van der Waals surface area contributed by atoms with Gasteiger partial charge in [-0.2, -0.15) is 0 Å². The number of hydrogen-bond donors (Lipinski definition) is 1. The number of hydrogen-bond acceptors (Lipinski definition) is 2. The van der Waals surface area contributed by atoms with Crippen molar-refractivity contribution in [1.82, 2.24) is 0 Å². The second kappa shape index (κ2) is 5.82. The standard InChI is InChI=1S/C14H18FNO/c15-13-10-11(8-9-16)6-7-14(13)17-12-4-2-1-3-5-12/h2,4,6-7,10,12H,1,3,5,8-9,16H2. The highest BCUT2D eigenvalue weighted by Gasteiger charge is 2.12. The smallest absolute Gasteiger partial charge is 0.165 e. The highest BCUT2D eigenvalue weighted by molar-refractivity contribution is 5.30. The lowest BCUT2D eigenvalue weighted by molar-refractivity contribution is 0.220. The summed E-state index contributed by atoms with van der Waals surface area (Å²) in [5.74, 6) is 0.0391. The van der Waals surface area contributed by atoms with Gasteiger partial charge in [0.2, 0.25) is 0 Å². The van der Waals surface area contributed by atoms with Crippen LogP contribution in [-0.2, 0) is 6.42 Å². The van der Waals surface area contributed by atoms with Crippen LogP contribution in [0, 0.1) is 5.82 Å². The summed E-state index contributed by atoms with van der Waals surface area (Å²) in [5, 5.41) is 0. The summed E-state index contributed by atoms with van der Waals surface area (Å²) in [4.78, 5) is 0. The van der Waals surface area contributed by atoms with Crippen LogP contribution >= 0.6 is 0 Å². The molecule has 0 fully saturated rings. The third-order valence-corrected chi connectivity index (χ3v) is 2.92. The van der Waals surface area contributed by atoms with Crippen LogP contribution in [-0.4, -0.2) is 12.6 Å². The first-order chi connectivity index (χ1) is 8.29. The first-order valence-corrected chi connectivity index (χ1v) is 6.11. The molecule has 3 heteroatoms. The van der Waals surface area contributed by atoms with E-state index in [1.807, 2.05) is 12.1 Å². The van der Waals surface area contributed by atoms with Gasteiger partial charge in [0, 0.05) is 0 Å². The predicted octanol–water partition coefficient (Wildman–Crippen LogP) is 2.81. The Morgan fingerprint density at radius 1 is 1.41 bits per heavy atom. The Bertz CT molecular complexity index is 403. The van der Waals surface area contributed by atoms with Crippen LogP contribution in [0.25, 0.3) is 0 Å². The molecule has 2 N–H and O–H groups in total. The molecule has 1 aliphatic rings. The van der Waals surface area contributed by atoms with Gasteiger partial charge < -0.3 is 10.5 Å². The number of allylic oxidation sites excluding steroid dienone is 1. The van der Waals surface area contributed by atoms with E-state index < -0.39 is 0 Å². The number of ether oxygens (including phenoxy) is 1. The van der Waals surface area contributed by atoms with Crippen molar-refractivity contribution < 1.29 is 9.13 Å². The van der Waals surface area contributed by atoms with E-state index in [1.54, 1.807) is 6.07 Å². The molecule has 0 heterocycles. The summed E-state index contributed by atoms with van der Waals surface area (Å²) < 4.78 is 19.4. The second-order valence-corrected chi connectivity index (χ2v) is 4.32. The van der Waals surface area contributed by atoms with Gasteiger partial charge >= 0.3 is 0 Å². The third-order valence-electron chi connectivity index (χ3n) is 2.92. The molecule has 0 spiro atoms. The Morgan fingerprint density at radius 2 is 2.29 bits per heavy atom. The lowest BCUT2D eigenvalue weighted by atomic mass is 10.1. The second-order valence-electron chi connectivity index (χ2n) is 4.32. The minimum Gasteiger partial charge on any atom is -0.483 e. The molecule has 0 bridgehead atoms. The Kier molecular flexibility index (Phi) is 4.15. The van der Waals surface area contributed by atoms with Gasteiger partial charge in [-0.25, -0.2) is 4.39 Å². The van der Waals surface area contributed by atoms with Crippen molar-refractivity contribution in [3.05, 3.63) is 41.7 Å². The first-order valence-electron chi connectivity index (χ1n) is 6.11. The maximum absolute atomic E-state index is 13.7. The maximum atomic E-state index is 13.7. The molecule has 1 aliphatic carbocycles. The van der Waals surface area contributed by atoms with Gasteiger partial charge in [-0.15, -0.1) is 0 Å². The maximum Gasteiger partial charge on any atom is 0.165 e. The molecule has 1 aromatic carbocycles. The molecule has 0 saturated heterocycles. The molecule has 0 aromatic heterocycles. The molecule has 92 valence electrons. The van der Waals surface area contributed by atoms with Crippen LogP contribution in [0.5, 0.6) is 5.75 Å². The van der Waals surface area contributed by atoms with Crippen LogP contribution in [0.15, 0.2) is 30.4 Å². The minimum absolute atomic E-state index is 0.0126. The van der Waals surface area contributed by atoms with E-state index in [1.165, 1.54) is 6.07 Å². The molecule has 2 rings (SSSR count). The molecule has 1 atom stereocenters. The summed E-state index contributed by atoms with van der Waals surface area (Å²) in [6, 6.07) is 5.08. The normalized spacial score (nSPS) is 19.3. The van der Waals surface area contributed by atoms with Crippen LogP contribution in [0.4, 0.5) is 4.39 Å². The Hall–Kier alpha value is -1.35. The number of benzene rings is 1. The zero-order chi connectivity index (χ0) is 12.1. The average molecular weight is 235 g/mol. The number of halogens is 1. The lowest BCUT2D eigenvalue weighted by Gasteiger charge is -2.19. The van der Waals surface area contributed by atoms with Gasteiger partial charge in [-0.05, 0) is 56.0 Å². The monoisotopic (exact) mass is 235 g/mol. The molecule has 0 saturated carbocycles. The number of rotatable bonds is 4. The summed E-state index contributed by atoms with van der Waals surface area (Å²) in [7, 11) is 0. The Balaban J connectivity index is 2.05. The van der Waals surface area contributed by atoms with Crippen LogP contribution in [0.2, 0.25) is 0 Å². The summed E-state index contributed by atoms with van der Waals surface area (Å²) in [6.07, 6.45) is 7.97. The highest BCUT2D eigenvalue weighted by Crippen LogP contribution is 2.23. The quantitative estimate of drug-likeness (QED) is 0.814. The van der Waals surface area contributed by atoms with Crippen molar-refractivity contribution >= 4 is 0 Å². The minimum atomic E-state index is -0.296. The molecule has 0 amide bonds. The predicted molar refractivity (Wildman–Crippen MR) is 66.6 cm³/mol. The zero-order valence-corrected chi connectivity index (χ0v) is 9.86. The molecular formula is C14H18FNO. The zero-order valence-electron chi connectivity index (χ0n) is 9.86. The SMILES string of the molecule is NCCc1ccc(OC2C=CCCC2)c(F)c1. The van der Waals surface area contributed by atoms with E-state index in [4.69, 9.17) is 10.5 Å². The lowest BCUT2D eigenvalue weighted by Crippen LogP contribution is -2.16. The van der Waals surface area contributed by atoms with E-state index in [9.17, 15) is 4.39 Å². The number of nitrogens with two attached hydrogens (primary N) is 1. The largest absolute Gasteiger partial charge is 0.483 e. The Morgan fingerprint density at radius 3 is 2.94 bits per heavy atom. The van der Waals surface area contributed by atoms with Crippen molar-refractivity contribution in [2.45, 2.75) is 31.8 Å². The van der Waals surface area contributed by atoms with Gasteiger partial charge in [0.15, 0.2) is 11.6 Å². The molecular weight excluding hydrogens is 217 g/mol. The molecule has 1 aromatic rings. The van der Waals surface area contributed by atoms with Crippen molar-refractivity contribution in [3.8, 4) is 5.75 Å². The fraction of sp³-hybridized carbons (Fsp3) is 0.429. The summed E-state index contributed by atoms with van der Waals surface area (Å²) >= 11 is 0. The van der Waals surface area contributed by atoms with Crippen LogP contribution in [0.3, 0.4) is 0 Å². The summed E-state index contributed by atoms with van der Waals surface area (Å²) in [5.41, 5.74) is 6.35. The van der Waals surface area contributed by atoms with E-state index in [2.05, 4.69) is 6.08 Å². The van der Waals surface area contributed by atoms with Crippen molar-refractivity contribution in [2.24, 2.45) is 5.73 Å². The highest BCUT2D eigenvalue weighted by atomic mass is 19.1. The Labute approximate surface area is 101 Å². The van der Waals surface area contributed by atoms with Gasteiger partial charge in [0.25, 0.3) is 0 Å². The average Bonchev–Trinajstić information content (AvgIpc) is 2.34. The van der Waals surface area contributed by atoms with Crippen LogP contribution < -0.4 is 10.5 Å². The van der Waals surface area contributed by atoms with Crippen molar-refractivity contribution in [1.29, 1.82) is 0 Å². The fourth-order valence-electron chi connectivity index (χ4n) is 2.00. The van der Waals surface area contributed by atoms with E-state index in [0.717, 1.165) is 24.8 Å². The van der Waals surface area contributed by atoms with E-state index >= 15 is 0 Å². The molecule has 17 heavy (non-hydrogen) atoms. The topological polar surface area (TPSA) is 35.2 Å². The van der Waals surface area contributed by atoms with Gasteiger partial charge in [-0.3, -0.25) is 0 Å². The van der Waals surface area contributed by atoms with E-state index in [0.29, 0.717) is 18.7 Å².